The zero-order valence-corrected chi connectivity index (χ0v) is 13.3. The highest BCUT2D eigenvalue weighted by atomic mass is 16.5. The number of methoxy groups -OCH3 is 1. The molecule has 2 rings (SSSR count). The molecule has 1 amide bonds. The van der Waals surface area contributed by atoms with Gasteiger partial charge in [0.15, 0.2) is 0 Å². The lowest BCUT2D eigenvalue weighted by Gasteiger charge is -2.33. The highest BCUT2D eigenvalue weighted by Gasteiger charge is 2.40. The minimum atomic E-state index is -0.727. The smallest absolute Gasteiger partial charge is 0.243 e. The minimum absolute atomic E-state index is 0.0887. The van der Waals surface area contributed by atoms with Crippen LogP contribution in [0.3, 0.4) is 0 Å². The van der Waals surface area contributed by atoms with Gasteiger partial charge in [0.05, 0.1) is 12.6 Å². The quantitative estimate of drug-likeness (QED) is 0.840. The van der Waals surface area contributed by atoms with Gasteiger partial charge in [-0.05, 0) is 43.4 Å². The fourth-order valence-corrected chi connectivity index (χ4v) is 2.52. The number of carbonyl (C=O) groups excluding carboxylic acids is 1. The third-order valence-corrected chi connectivity index (χ3v) is 4.45. The maximum atomic E-state index is 12.8. The van der Waals surface area contributed by atoms with Crippen LogP contribution >= 0.6 is 0 Å². The molecular formula is C17H26N2O2. The summed E-state index contributed by atoms with van der Waals surface area (Å²) in [7, 11) is 1.65. The van der Waals surface area contributed by atoms with Crippen LogP contribution in [-0.4, -0.2) is 29.5 Å². The Bertz CT molecular complexity index is 476. The zero-order valence-electron chi connectivity index (χ0n) is 13.3. The molecule has 4 heteroatoms. The zero-order chi connectivity index (χ0) is 15.5. The van der Waals surface area contributed by atoms with Crippen LogP contribution in [0.4, 0.5) is 0 Å². The summed E-state index contributed by atoms with van der Waals surface area (Å²) in [5.74, 6) is 0.921. The van der Waals surface area contributed by atoms with Gasteiger partial charge in [-0.25, -0.2) is 0 Å². The molecule has 0 heterocycles. The van der Waals surface area contributed by atoms with Crippen LogP contribution < -0.4 is 10.5 Å². The van der Waals surface area contributed by atoms with E-state index in [-0.39, 0.29) is 5.91 Å². The van der Waals surface area contributed by atoms with E-state index in [1.165, 1.54) is 0 Å². The van der Waals surface area contributed by atoms with Gasteiger partial charge in [0.25, 0.3) is 0 Å². The summed E-state index contributed by atoms with van der Waals surface area (Å²) in [6.07, 6.45) is 3.53. The van der Waals surface area contributed by atoms with Gasteiger partial charge in [-0.1, -0.05) is 26.0 Å². The number of ether oxygens (including phenoxy) is 1. The van der Waals surface area contributed by atoms with Gasteiger partial charge in [0, 0.05) is 12.6 Å². The molecule has 1 saturated carbocycles. The first-order chi connectivity index (χ1) is 10.0. The van der Waals surface area contributed by atoms with E-state index in [1.807, 2.05) is 43.0 Å². The minimum Gasteiger partial charge on any atom is -0.497 e. The van der Waals surface area contributed by atoms with Crippen molar-refractivity contribution >= 4 is 5.91 Å². The van der Waals surface area contributed by atoms with E-state index in [2.05, 4.69) is 0 Å². The van der Waals surface area contributed by atoms with Crippen molar-refractivity contribution in [3.8, 4) is 5.75 Å². The molecule has 1 aliphatic carbocycles. The van der Waals surface area contributed by atoms with E-state index in [0.717, 1.165) is 24.2 Å². The fraction of sp³-hybridized carbons (Fsp3) is 0.588. The standard InChI is InChI=1S/C17H26N2O2/c1-4-17(18,5-2)16(20)19(14-8-9-14)12-13-6-10-15(21-3)11-7-13/h6-7,10-11,14H,4-5,8-9,12,18H2,1-3H3. The number of amides is 1. The molecule has 0 aromatic heterocycles. The average molecular weight is 290 g/mol. The molecule has 1 fully saturated rings. The third kappa shape index (κ3) is 3.56. The summed E-state index contributed by atoms with van der Waals surface area (Å²) < 4.78 is 5.17. The van der Waals surface area contributed by atoms with Gasteiger partial charge in [-0.2, -0.15) is 0 Å². The highest BCUT2D eigenvalue weighted by Crippen LogP contribution is 2.31. The number of nitrogens with zero attached hydrogens (tertiary/aromatic N) is 1. The van der Waals surface area contributed by atoms with Gasteiger partial charge in [0.2, 0.25) is 5.91 Å². The largest absolute Gasteiger partial charge is 0.497 e. The Kier molecular flexibility index (Phi) is 4.88. The summed E-state index contributed by atoms with van der Waals surface area (Å²) >= 11 is 0. The van der Waals surface area contributed by atoms with Crippen LogP contribution in [0.25, 0.3) is 0 Å². The summed E-state index contributed by atoms with van der Waals surface area (Å²) in [4.78, 5) is 14.8. The van der Waals surface area contributed by atoms with Crippen LogP contribution in [0, 0.1) is 0 Å². The predicted octanol–water partition coefficient (Wildman–Crippen LogP) is 2.70. The average Bonchev–Trinajstić information content (AvgIpc) is 3.36. The van der Waals surface area contributed by atoms with Crippen molar-refractivity contribution in [2.45, 2.75) is 57.7 Å². The second-order valence-electron chi connectivity index (χ2n) is 5.88. The Morgan fingerprint density at radius 2 is 1.86 bits per heavy atom. The summed E-state index contributed by atoms with van der Waals surface area (Å²) in [5, 5.41) is 0. The maximum absolute atomic E-state index is 12.8. The topological polar surface area (TPSA) is 55.6 Å². The van der Waals surface area contributed by atoms with Crippen LogP contribution in [0.1, 0.15) is 45.1 Å². The molecule has 4 nitrogen and oxygen atoms in total. The van der Waals surface area contributed by atoms with Crippen LogP contribution in [0.5, 0.6) is 5.75 Å². The first kappa shape index (κ1) is 15.8. The molecule has 1 aromatic carbocycles. The van der Waals surface area contributed by atoms with Gasteiger partial charge in [-0.3, -0.25) is 4.79 Å². The lowest BCUT2D eigenvalue weighted by atomic mass is 9.92. The van der Waals surface area contributed by atoms with Gasteiger partial charge >= 0.3 is 0 Å². The SMILES string of the molecule is CCC(N)(CC)C(=O)N(Cc1ccc(OC)cc1)C1CC1. The van der Waals surface area contributed by atoms with E-state index < -0.39 is 5.54 Å². The summed E-state index contributed by atoms with van der Waals surface area (Å²) in [6, 6.07) is 8.25. The number of hydrogen-bond donors (Lipinski definition) is 1. The summed E-state index contributed by atoms with van der Waals surface area (Å²) in [5.41, 5.74) is 6.68. The van der Waals surface area contributed by atoms with E-state index in [1.54, 1.807) is 7.11 Å². The van der Waals surface area contributed by atoms with E-state index in [0.29, 0.717) is 25.4 Å². The predicted molar refractivity (Wildman–Crippen MR) is 84.1 cm³/mol. The molecule has 1 aliphatic rings. The third-order valence-electron chi connectivity index (χ3n) is 4.45. The van der Waals surface area contributed by atoms with Crippen molar-refractivity contribution in [1.29, 1.82) is 0 Å². The number of hydrogen-bond acceptors (Lipinski definition) is 3. The van der Waals surface area contributed by atoms with E-state index >= 15 is 0 Å². The van der Waals surface area contributed by atoms with Crippen molar-refractivity contribution in [2.24, 2.45) is 5.73 Å². The molecule has 0 spiro atoms. The lowest BCUT2D eigenvalue weighted by molar-refractivity contribution is -0.138. The van der Waals surface area contributed by atoms with Gasteiger partial charge < -0.3 is 15.4 Å². The Labute approximate surface area is 127 Å². The van der Waals surface area contributed by atoms with E-state index in [4.69, 9.17) is 10.5 Å². The Hall–Kier alpha value is -1.55. The molecule has 2 N–H and O–H groups in total. The van der Waals surface area contributed by atoms with Crippen LogP contribution in [0.2, 0.25) is 0 Å². The first-order valence-electron chi connectivity index (χ1n) is 7.77. The second kappa shape index (κ2) is 6.48. The first-order valence-corrected chi connectivity index (χ1v) is 7.77. The monoisotopic (exact) mass is 290 g/mol. The van der Waals surface area contributed by atoms with E-state index in [9.17, 15) is 4.79 Å². The maximum Gasteiger partial charge on any atom is 0.243 e. The number of benzene rings is 1. The second-order valence-corrected chi connectivity index (χ2v) is 5.88. The molecule has 0 saturated heterocycles. The van der Waals surface area contributed by atoms with Crippen molar-refractivity contribution in [1.82, 2.24) is 4.90 Å². The van der Waals surface area contributed by atoms with Crippen molar-refractivity contribution < 1.29 is 9.53 Å². The fourth-order valence-electron chi connectivity index (χ4n) is 2.52. The molecule has 0 unspecified atom stereocenters. The molecule has 0 radical (unpaired) electrons. The molecule has 0 bridgehead atoms. The van der Waals surface area contributed by atoms with Gasteiger partial charge in [-0.15, -0.1) is 0 Å². The van der Waals surface area contributed by atoms with Crippen LogP contribution in [-0.2, 0) is 11.3 Å². The molecule has 0 aliphatic heterocycles. The van der Waals surface area contributed by atoms with Crippen LogP contribution in [0.15, 0.2) is 24.3 Å². The van der Waals surface area contributed by atoms with Gasteiger partial charge in [0.1, 0.15) is 5.75 Å². The summed E-state index contributed by atoms with van der Waals surface area (Å²) in [6.45, 7) is 4.60. The number of rotatable bonds is 7. The normalized spacial score (nSPS) is 14.9. The molecule has 21 heavy (non-hydrogen) atoms. The van der Waals surface area contributed by atoms with Crippen molar-refractivity contribution in [2.75, 3.05) is 7.11 Å². The molecule has 1 aromatic rings. The molecule has 0 atom stereocenters. The van der Waals surface area contributed by atoms with Crippen molar-refractivity contribution in [3.63, 3.8) is 0 Å². The van der Waals surface area contributed by atoms with Crippen molar-refractivity contribution in [3.05, 3.63) is 29.8 Å². The Balaban J connectivity index is 2.13. The lowest BCUT2D eigenvalue weighted by Crippen LogP contribution is -2.55. The number of carbonyl (C=O) groups is 1. The number of nitrogens with two attached hydrogens (primary N) is 1. The highest BCUT2D eigenvalue weighted by molar-refractivity contribution is 5.86. The Morgan fingerprint density at radius 1 is 1.29 bits per heavy atom. The Morgan fingerprint density at radius 3 is 2.29 bits per heavy atom. The molecule has 116 valence electrons. The molecular weight excluding hydrogens is 264 g/mol.